The largest absolute Gasteiger partial charge is 0.416 e. The quantitative estimate of drug-likeness (QED) is 0.560. The number of benzene rings is 1. The Hall–Kier alpha value is -3.46. The number of hydrogen-bond acceptors (Lipinski definition) is 5. The predicted octanol–water partition coefficient (Wildman–Crippen LogP) is 5.05. The minimum atomic E-state index is -4.94. The number of hydrogen-bond donors (Lipinski definition) is 1. The number of nitrogens with zero attached hydrogens (tertiary/aromatic N) is 4. The summed E-state index contributed by atoms with van der Waals surface area (Å²) in [7, 11) is 0. The zero-order valence-electron chi connectivity index (χ0n) is 15.7. The molecular weight excluding hydrogens is 428 g/mol. The van der Waals surface area contributed by atoms with Gasteiger partial charge in [-0.2, -0.15) is 41.9 Å². The van der Waals surface area contributed by atoms with E-state index < -0.39 is 36.2 Å². The molecule has 0 aliphatic heterocycles. The average Bonchev–Trinajstić information content (AvgIpc) is 3.19. The van der Waals surface area contributed by atoms with Crippen molar-refractivity contribution < 1.29 is 31.1 Å². The Morgan fingerprint density at radius 2 is 1.68 bits per heavy atom. The highest BCUT2D eigenvalue weighted by molar-refractivity contribution is 5.59. The van der Waals surface area contributed by atoms with Gasteiger partial charge in [-0.1, -0.05) is 6.07 Å². The Morgan fingerprint density at radius 3 is 2.26 bits per heavy atom. The van der Waals surface area contributed by atoms with E-state index in [1.165, 1.54) is 0 Å². The molecule has 0 aliphatic carbocycles. The van der Waals surface area contributed by atoms with E-state index in [1.54, 1.807) is 25.1 Å². The lowest BCUT2D eigenvalue weighted by atomic mass is 10.1. The van der Waals surface area contributed by atoms with Crippen LogP contribution >= 0.6 is 0 Å². The van der Waals surface area contributed by atoms with Crippen molar-refractivity contribution in [3.05, 3.63) is 64.5 Å². The fraction of sp³-hybridized carbons (Fsp3) is 0.263. The van der Waals surface area contributed by atoms with E-state index in [9.17, 15) is 26.3 Å². The van der Waals surface area contributed by atoms with E-state index in [4.69, 9.17) is 10.00 Å². The van der Waals surface area contributed by atoms with E-state index in [0.29, 0.717) is 23.5 Å². The molecule has 12 heteroatoms. The van der Waals surface area contributed by atoms with Gasteiger partial charge in [0.15, 0.2) is 5.69 Å². The smallest absolute Gasteiger partial charge is 0.368 e. The van der Waals surface area contributed by atoms with Gasteiger partial charge < -0.3 is 4.74 Å². The van der Waals surface area contributed by atoms with Gasteiger partial charge in [0.2, 0.25) is 0 Å². The molecule has 0 amide bonds. The van der Waals surface area contributed by atoms with E-state index in [1.807, 2.05) is 6.07 Å². The summed E-state index contributed by atoms with van der Waals surface area (Å²) in [6, 6.07) is 7.85. The predicted molar refractivity (Wildman–Crippen MR) is 94.0 cm³/mol. The van der Waals surface area contributed by atoms with E-state index in [2.05, 4.69) is 20.4 Å². The molecule has 1 N–H and O–H groups in total. The van der Waals surface area contributed by atoms with Crippen LogP contribution in [0.1, 0.15) is 41.1 Å². The Morgan fingerprint density at radius 1 is 1.03 bits per heavy atom. The molecule has 0 saturated heterocycles. The lowest BCUT2D eigenvalue weighted by Crippen LogP contribution is -2.12. The van der Waals surface area contributed by atoms with Crippen LogP contribution in [0, 0.1) is 11.3 Å². The van der Waals surface area contributed by atoms with Crippen LogP contribution in [0.25, 0.3) is 11.4 Å². The molecule has 2 aromatic heterocycles. The molecule has 0 aliphatic rings. The molecule has 31 heavy (non-hydrogen) atoms. The molecule has 1 unspecified atom stereocenters. The number of nitrogens with one attached hydrogen (secondary N) is 1. The van der Waals surface area contributed by atoms with Crippen LogP contribution in [0.15, 0.2) is 36.4 Å². The Kier molecular flexibility index (Phi) is 5.99. The van der Waals surface area contributed by atoms with Gasteiger partial charge in [-0.15, -0.1) is 5.10 Å². The van der Waals surface area contributed by atoms with Crippen molar-refractivity contribution in [2.24, 2.45) is 0 Å². The second kappa shape index (κ2) is 8.35. The van der Waals surface area contributed by atoms with Gasteiger partial charge in [-0.25, -0.2) is 4.98 Å². The van der Waals surface area contributed by atoms with Crippen LogP contribution in [0.4, 0.5) is 26.3 Å². The van der Waals surface area contributed by atoms with Crippen LogP contribution in [0.5, 0.6) is 0 Å². The van der Waals surface area contributed by atoms with Crippen molar-refractivity contribution in [1.82, 2.24) is 20.4 Å². The molecule has 6 nitrogen and oxygen atoms in total. The van der Waals surface area contributed by atoms with Crippen LogP contribution < -0.4 is 0 Å². The number of ether oxygens (including phenoxy) is 1. The van der Waals surface area contributed by atoms with Gasteiger partial charge in [0.25, 0.3) is 0 Å². The number of rotatable bonds is 5. The third-order valence-electron chi connectivity index (χ3n) is 4.23. The maximum Gasteiger partial charge on any atom is 0.416 e. The average molecular weight is 441 g/mol. The topological polar surface area (TPSA) is 87.5 Å². The van der Waals surface area contributed by atoms with E-state index in [0.717, 1.165) is 0 Å². The summed E-state index contributed by atoms with van der Waals surface area (Å²) in [5, 5.41) is 18.8. The number of alkyl halides is 6. The first kappa shape index (κ1) is 22.2. The van der Waals surface area contributed by atoms with Crippen molar-refractivity contribution in [2.45, 2.75) is 32.0 Å². The second-order valence-electron chi connectivity index (χ2n) is 6.45. The van der Waals surface area contributed by atoms with Crippen molar-refractivity contribution >= 4 is 0 Å². The van der Waals surface area contributed by atoms with Crippen molar-refractivity contribution in [2.75, 3.05) is 0 Å². The fourth-order valence-corrected chi connectivity index (χ4v) is 2.71. The number of aromatic nitrogens is 4. The summed E-state index contributed by atoms with van der Waals surface area (Å²) < 4.78 is 83.4. The first-order valence-electron chi connectivity index (χ1n) is 8.67. The summed E-state index contributed by atoms with van der Waals surface area (Å²) in [5.41, 5.74) is -2.25. The molecular formula is C19H13F6N5O. The normalized spacial score (nSPS) is 13.1. The zero-order valence-corrected chi connectivity index (χ0v) is 15.7. The molecule has 1 aromatic carbocycles. The first-order valence-corrected chi connectivity index (χ1v) is 8.67. The molecule has 0 radical (unpaired) electrons. The highest BCUT2D eigenvalue weighted by atomic mass is 19.4. The van der Waals surface area contributed by atoms with Gasteiger partial charge in [0.05, 0.1) is 35.2 Å². The van der Waals surface area contributed by atoms with Crippen molar-refractivity contribution in [1.29, 1.82) is 5.26 Å². The Balaban J connectivity index is 1.82. The maximum absolute atomic E-state index is 13.0. The molecule has 0 fully saturated rings. The minimum Gasteiger partial charge on any atom is -0.368 e. The summed E-state index contributed by atoms with van der Waals surface area (Å²) in [4.78, 5) is 4.29. The highest BCUT2D eigenvalue weighted by Crippen LogP contribution is 2.36. The van der Waals surface area contributed by atoms with Gasteiger partial charge in [0, 0.05) is 0 Å². The minimum absolute atomic E-state index is 0.0156. The van der Waals surface area contributed by atoms with Crippen LogP contribution in [0.2, 0.25) is 0 Å². The van der Waals surface area contributed by atoms with Gasteiger partial charge in [-0.3, -0.25) is 0 Å². The molecule has 1 atom stereocenters. The number of halogens is 6. The Bertz CT molecular complexity index is 1080. The maximum atomic E-state index is 13.0. The fourth-order valence-electron chi connectivity index (χ4n) is 2.71. The molecule has 3 aromatic rings. The molecule has 3 rings (SSSR count). The number of H-pyrrole nitrogens is 1. The van der Waals surface area contributed by atoms with Crippen LogP contribution in [-0.2, 0) is 23.7 Å². The van der Waals surface area contributed by atoms with Crippen LogP contribution in [0.3, 0.4) is 0 Å². The van der Waals surface area contributed by atoms with Crippen molar-refractivity contribution in [3.8, 4) is 17.5 Å². The lowest BCUT2D eigenvalue weighted by molar-refractivity contribution is -0.143. The molecule has 0 saturated carbocycles. The monoisotopic (exact) mass is 441 g/mol. The Labute approximate surface area is 171 Å². The molecule has 0 bridgehead atoms. The SMILES string of the molecule is CC(OCc1cc(C(F)(F)F)cc(C(F)(F)F)c1)c1cccc(-c2n[nH]nc2C#N)n1. The van der Waals surface area contributed by atoms with Gasteiger partial charge in [-0.05, 0) is 42.8 Å². The van der Waals surface area contributed by atoms with Gasteiger partial charge >= 0.3 is 12.4 Å². The standard InChI is InChI=1S/C19H13F6N5O/c1-10(14-3-2-4-15(27-14)17-16(8-26)28-30-29-17)31-9-11-5-12(18(20,21)22)7-13(6-11)19(23,24)25/h2-7,10H,9H2,1H3,(H,28,29,30). The second-order valence-corrected chi connectivity index (χ2v) is 6.45. The molecule has 0 spiro atoms. The first-order chi connectivity index (χ1) is 14.5. The zero-order chi connectivity index (χ0) is 22.8. The van der Waals surface area contributed by atoms with E-state index >= 15 is 0 Å². The number of pyridine rings is 1. The van der Waals surface area contributed by atoms with E-state index in [-0.39, 0.29) is 23.0 Å². The summed E-state index contributed by atoms with van der Waals surface area (Å²) in [6.07, 6.45) is -10.7. The highest BCUT2D eigenvalue weighted by Gasteiger charge is 2.36. The third-order valence-corrected chi connectivity index (χ3v) is 4.23. The van der Waals surface area contributed by atoms with Crippen LogP contribution in [-0.4, -0.2) is 20.4 Å². The third kappa shape index (κ3) is 5.18. The summed E-state index contributed by atoms with van der Waals surface area (Å²) in [5.74, 6) is 0. The van der Waals surface area contributed by atoms with Gasteiger partial charge in [0.1, 0.15) is 11.8 Å². The lowest BCUT2D eigenvalue weighted by Gasteiger charge is -2.16. The summed E-state index contributed by atoms with van der Waals surface area (Å²) in [6.45, 7) is 1.03. The number of aromatic amines is 1. The summed E-state index contributed by atoms with van der Waals surface area (Å²) >= 11 is 0. The number of nitriles is 1. The molecule has 162 valence electrons. The molecule has 2 heterocycles. The van der Waals surface area contributed by atoms with Crippen molar-refractivity contribution in [3.63, 3.8) is 0 Å².